The predicted octanol–water partition coefficient (Wildman–Crippen LogP) is 11.3. The van der Waals surface area contributed by atoms with Crippen molar-refractivity contribution in [3.8, 4) is 5.75 Å². The molecule has 3 nitrogen and oxygen atoms in total. The van der Waals surface area contributed by atoms with Crippen molar-refractivity contribution in [3.63, 3.8) is 0 Å². The SMILES string of the molecule is CC1(C)C2=C(C=C(Oc3c4ccccc4c(C4=Cc5ccccc5CC4)c4cnccc34)CC2)N(c2ccccc2)c2ccccc21. The van der Waals surface area contributed by atoms with Gasteiger partial charge in [-0.25, -0.2) is 0 Å². The lowest BCUT2D eigenvalue weighted by Crippen LogP contribution is -2.35. The Balaban J connectivity index is 1.21. The molecule has 0 unspecified atom stereocenters. The van der Waals surface area contributed by atoms with Crippen LogP contribution in [0.2, 0.25) is 0 Å². The molecule has 1 aromatic heterocycles. The molecule has 3 aliphatic rings. The summed E-state index contributed by atoms with van der Waals surface area (Å²) in [6.45, 7) is 4.74. The van der Waals surface area contributed by atoms with Crippen LogP contribution in [0.15, 0.2) is 145 Å². The summed E-state index contributed by atoms with van der Waals surface area (Å²) in [6.07, 6.45) is 12.4. The number of ether oxygens (including phenoxy) is 1. The van der Waals surface area contributed by atoms with Gasteiger partial charge in [-0.3, -0.25) is 4.98 Å². The minimum absolute atomic E-state index is 0.0850. The van der Waals surface area contributed by atoms with E-state index in [1.807, 2.05) is 12.4 Å². The molecule has 2 aliphatic carbocycles. The molecular weight excluding hydrogens is 572 g/mol. The number of anilines is 2. The first-order valence-electron chi connectivity index (χ1n) is 16.7. The minimum Gasteiger partial charge on any atom is -0.460 e. The van der Waals surface area contributed by atoms with Crippen molar-refractivity contribution in [2.45, 2.75) is 44.9 Å². The Morgan fingerprint density at radius 3 is 2.30 bits per heavy atom. The van der Waals surface area contributed by atoms with Crippen molar-refractivity contribution in [2.75, 3.05) is 4.90 Å². The lowest BCUT2D eigenvalue weighted by molar-refractivity contribution is 0.400. The van der Waals surface area contributed by atoms with Crippen LogP contribution in [0.4, 0.5) is 11.4 Å². The van der Waals surface area contributed by atoms with Crippen molar-refractivity contribution in [1.82, 2.24) is 4.98 Å². The molecule has 47 heavy (non-hydrogen) atoms. The Morgan fingerprint density at radius 1 is 0.660 bits per heavy atom. The van der Waals surface area contributed by atoms with Gasteiger partial charge < -0.3 is 9.64 Å². The third kappa shape index (κ3) is 4.45. The number of benzene rings is 5. The molecule has 9 rings (SSSR count). The Labute approximate surface area is 276 Å². The average molecular weight is 609 g/mol. The second kappa shape index (κ2) is 10.8. The fraction of sp³-hybridized carbons (Fsp3) is 0.159. The molecule has 6 aromatic rings. The molecule has 1 aliphatic heterocycles. The molecule has 3 heteroatoms. The Hall–Kier alpha value is -5.41. The number of hydrogen-bond donors (Lipinski definition) is 0. The van der Waals surface area contributed by atoms with Gasteiger partial charge in [-0.05, 0) is 82.3 Å². The molecule has 0 fully saturated rings. The van der Waals surface area contributed by atoms with Gasteiger partial charge in [-0.1, -0.05) is 105 Å². The van der Waals surface area contributed by atoms with Gasteiger partial charge in [0, 0.05) is 57.8 Å². The largest absolute Gasteiger partial charge is 0.460 e. The normalized spacial score (nSPS) is 16.7. The van der Waals surface area contributed by atoms with Crippen LogP contribution in [0.5, 0.6) is 5.75 Å². The fourth-order valence-corrected chi connectivity index (χ4v) is 8.14. The number of nitrogens with zero attached hydrogens (tertiary/aromatic N) is 2. The van der Waals surface area contributed by atoms with Crippen molar-refractivity contribution in [1.29, 1.82) is 0 Å². The predicted molar refractivity (Wildman–Crippen MR) is 195 cm³/mol. The summed E-state index contributed by atoms with van der Waals surface area (Å²) in [4.78, 5) is 7.06. The van der Waals surface area contributed by atoms with Crippen LogP contribution in [0.25, 0.3) is 33.2 Å². The average Bonchev–Trinajstić information content (AvgIpc) is 3.12. The number of para-hydroxylation sites is 2. The van der Waals surface area contributed by atoms with Crippen LogP contribution in [0.3, 0.4) is 0 Å². The smallest absolute Gasteiger partial charge is 0.142 e. The highest BCUT2D eigenvalue weighted by Crippen LogP contribution is 2.52. The molecule has 0 saturated heterocycles. The molecule has 0 atom stereocenters. The van der Waals surface area contributed by atoms with Crippen LogP contribution >= 0.6 is 0 Å². The second-order valence-electron chi connectivity index (χ2n) is 13.4. The van der Waals surface area contributed by atoms with Gasteiger partial charge in [-0.2, -0.15) is 0 Å². The second-order valence-corrected chi connectivity index (χ2v) is 13.4. The number of pyridine rings is 1. The van der Waals surface area contributed by atoms with Gasteiger partial charge in [0.05, 0.1) is 5.69 Å². The number of rotatable bonds is 4. The van der Waals surface area contributed by atoms with E-state index in [2.05, 4.69) is 145 Å². The summed E-state index contributed by atoms with van der Waals surface area (Å²) in [6, 6.07) is 39.2. The first-order valence-corrected chi connectivity index (χ1v) is 16.7. The van der Waals surface area contributed by atoms with E-state index in [9.17, 15) is 0 Å². The van der Waals surface area contributed by atoms with Gasteiger partial charge >= 0.3 is 0 Å². The summed E-state index contributed by atoms with van der Waals surface area (Å²) < 4.78 is 7.12. The van der Waals surface area contributed by atoms with Gasteiger partial charge in [0.1, 0.15) is 11.5 Å². The Morgan fingerprint density at radius 2 is 1.40 bits per heavy atom. The molecule has 0 spiro atoms. The zero-order valence-corrected chi connectivity index (χ0v) is 26.8. The highest BCUT2D eigenvalue weighted by atomic mass is 16.5. The van der Waals surface area contributed by atoms with E-state index in [0.717, 1.165) is 59.0 Å². The maximum absolute atomic E-state index is 7.12. The molecule has 0 saturated carbocycles. The van der Waals surface area contributed by atoms with E-state index in [1.54, 1.807) is 0 Å². The minimum atomic E-state index is -0.0850. The zero-order chi connectivity index (χ0) is 31.5. The maximum Gasteiger partial charge on any atom is 0.142 e. The Bertz CT molecular complexity index is 2250. The lowest BCUT2D eigenvalue weighted by atomic mass is 9.70. The quantitative estimate of drug-likeness (QED) is 0.186. The van der Waals surface area contributed by atoms with Crippen molar-refractivity contribution >= 4 is 44.6 Å². The van der Waals surface area contributed by atoms with E-state index in [1.165, 1.54) is 50.2 Å². The molecule has 0 amide bonds. The molecule has 5 aromatic carbocycles. The first-order chi connectivity index (χ1) is 23.1. The third-order valence-corrected chi connectivity index (χ3v) is 10.4. The molecule has 2 heterocycles. The summed E-state index contributed by atoms with van der Waals surface area (Å²) in [5.41, 5.74) is 11.7. The number of hydrogen-bond acceptors (Lipinski definition) is 3. The van der Waals surface area contributed by atoms with E-state index in [0.29, 0.717) is 0 Å². The number of aromatic nitrogens is 1. The van der Waals surface area contributed by atoms with E-state index in [4.69, 9.17) is 4.74 Å². The third-order valence-electron chi connectivity index (χ3n) is 10.4. The van der Waals surface area contributed by atoms with Crippen LogP contribution in [-0.4, -0.2) is 4.98 Å². The van der Waals surface area contributed by atoms with Crippen LogP contribution < -0.4 is 9.64 Å². The first kappa shape index (κ1) is 27.9. The molecule has 0 N–H and O–H groups in total. The summed E-state index contributed by atoms with van der Waals surface area (Å²) in [5.74, 6) is 1.90. The molecule has 0 radical (unpaired) electrons. The Kier molecular flexibility index (Phi) is 6.43. The highest BCUT2D eigenvalue weighted by molar-refractivity contribution is 6.15. The van der Waals surface area contributed by atoms with Gasteiger partial charge in [0.15, 0.2) is 0 Å². The van der Waals surface area contributed by atoms with E-state index < -0.39 is 0 Å². The van der Waals surface area contributed by atoms with Gasteiger partial charge in [-0.15, -0.1) is 0 Å². The number of fused-ring (bicyclic) bond motifs is 4. The van der Waals surface area contributed by atoms with Crippen LogP contribution in [-0.2, 0) is 11.8 Å². The van der Waals surface area contributed by atoms with E-state index in [-0.39, 0.29) is 5.41 Å². The standard InChI is InChI=1S/C44H36N2O/c1-44(2)38-18-10-11-19-40(38)46(32-14-4-3-5-15-32)41-27-33(22-23-39(41)44)47-43-35-17-9-8-16-34(35)42(37-28-45-25-24-36(37)43)31-21-20-29-12-6-7-13-30(29)26-31/h3-19,24-28H,20-23H2,1-2H3. The number of allylic oxidation sites excluding steroid dienone is 4. The van der Waals surface area contributed by atoms with Crippen molar-refractivity contribution < 1.29 is 4.74 Å². The lowest BCUT2D eigenvalue weighted by Gasteiger charge is -2.44. The molecule has 0 bridgehead atoms. The van der Waals surface area contributed by atoms with Gasteiger partial charge in [0.2, 0.25) is 0 Å². The highest BCUT2D eigenvalue weighted by Gasteiger charge is 2.39. The van der Waals surface area contributed by atoms with Crippen LogP contribution in [0, 0.1) is 0 Å². The van der Waals surface area contributed by atoms with Crippen LogP contribution in [0.1, 0.15) is 55.4 Å². The summed E-state index contributed by atoms with van der Waals surface area (Å²) in [7, 11) is 0. The zero-order valence-electron chi connectivity index (χ0n) is 26.8. The summed E-state index contributed by atoms with van der Waals surface area (Å²) in [5, 5.41) is 4.59. The van der Waals surface area contributed by atoms with Gasteiger partial charge in [0.25, 0.3) is 0 Å². The summed E-state index contributed by atoms with van der Waals surface area (Å²) >= 11 is 0. The molecule has 228 valence electrons. The monoisotopic (exact) mass is 608 g/mol. The fourth-order valence-electron chi connectivity index (χ4n) is 8.14. The maximum atomic E-state index is 7.12. The number of aryl methyl sites for hydroxylation is 1. The van der Waals surface area contributed by atoms with Crippen molar-refractivity contribution in [2.24, 2.45) is 0 Å². The topological polar surface area (TPSA) is 25.4 Å². The molecular formula is C44H36N2O. The van der Waals surface area contributed by atoms with Crippen molar-refractivity contribution in [3.05, 3.63) is 167 Å². The van der Waals surface area contributed by atoms with E-state index >= 15 is 0 Å².